The van der Waals surface area contributed by atoms with Crippen LogP contribution in [0.4, 0.5) is 19.0 Å². The van der Waals surface area contributed by atoms with Crippen molar-refractivity contribution >= 4 is 5.82 Å². The highest BCUT2D eigenvalue weighted by Gasteiger charge is 2.27. The number of methoxy groups -OCH3 is 1. The van der Waals surface area contributed by atoms with Crippen LogP contribution in [0.15, 0.2) is 11.1 Å². The van der Waals surface area contributed by atoms with Crippen molar-refractivity contribution in [2.45, 2.75) is 6.18 Å². The highest BCUT2D eigenvalue weighted by molar-refractivity contribution is 5.47. The topological polar surface area (TPSA) is 76.2 Å². The van der Waals surface area contributed by atoms with Crippen molar-refractivity contribution in [2.75, 3.05) is 32.2 Å². The lowest BCUT2D eigenvalue weighted by molar-refractivity contribution is -0.172. The van der Waals surface area contributed by atoms with Crippen LogP contribution in [0.2, 0.25) is 0 Å². The van der Waals surface area contributed by atoms with E-state index in [1.165, 1.54) is 7.11 Å². The lowest BCUT2D eigenvalue weighted by Crippen LogP contribution is -2.21. The number of aromatic amines is 1. The van der Waals surface area contributed by atoms with Crippen molar-refractivity contribution in [3.05, 3.63) is 16.7 Å². The first-order valence-electron chi connectivity index (χ1n) is 4.94. The van der Waals surface area contributed by atoms with Crippen LogP contribution in [-0.4, -0.2) is 43.0 Å². The van der Waals surface area contributed by atoms with Gasteiger partial charge in [0.25, 0.3) is 5.56 Å². The van der Waals surface area contributed by atoms with Crippen LogP contribution in [0.25, 0.3) is 0 Å². The van der Waals surface area contributed by atoms with Crippen LogP contribution >= 0.6 is 0 Å². The summed E-state index contributed by atoms with van der Waals surface area (Å²) >= 11 is 0. The molecule has 0 aliphatic rings. The van der Waals surface area contributed by atoms with E-state index >= 15 is 0 Å². The average Bonchev–Trinajstić information content (AvgIpc) is 2.27. The standard InChI is InChI=1S/C9H12F3N3O3/c1-17-6-7(14-5-15-8(6)16)13-2-3-18-4-9(10,11)12/h5H,2-4H2,1H3,(H2,13,14,15,16). The molecule has 102 valence electrons. The Morgan fingerprint density at radius 1 is 1.50 bits per heavy atom. The molecule has 0 saturated heterocycles. The minimum absolute atomic E-state index is 0.0340. The van der Waals surface area contributed by atoms with Crippen molar-refractivity contribution in [1.29, 1.82) is 0 Å². The van der Waals surface area contributed by atoms with Gasteiger partial charge in [-0.1, -0.05) is 0 Å². The number of nitrogens with zero attached hydrogens (tertiary/aromatic N) is 1. The molecule has 6 nitrogen and oxygen atoms in total. The Bertz CT molecular complexity index is 433. The number of H-pyrrole nitrogens is 1. The van der Waals surface area contributed by atoms with Crippen molar-refractivity contribution in [1.82, 2.24) is 9.97 Å². The lowest BCUT2D eigenvalue weighted by atomic mass is 10.5. The first-order chi connectivity index (χ1) is 8.44. The van der Waals surface area contributed by atoms with E-state index in [2.05, 4.69) is 20.0 Å². The third-order valence-corrected chi connectivity index (χ3v) is 1.82. The molecule has 1 rings (SSSR count). The number of aromatic nitrogens is 2. The van der Waals surface area contributed by atoms with Gasteiger partial charge in [0, 0.05) is 6.54 Å². The molecule has 0 bridgehead atoms. The first kappa shape index (κ1) is 14.3. The summed E-state index contributed by atoms with van der Waals surface area (Å²) < 4.78 is 44.4. The van der Waals surface area contributed by atoms with Gasteiger partial charge in [0.1, 0.15) is 6.61 Å². The van der Waals surface area contributed by atoms with E-state index in [0.717, 1.165) is 6.33 Å². The molecule has 9 heteroatoms. The molecule has 0 atom stereocenters. The zero-order valence-corrected chi connectivity index (χ0v) is 9.50. The summed E-state index contributed by atoms with van der Waals surface area (Å²) in [4.78, 5) is 17.3. The molecule has 0 aromatic carbocycles. The zero-order valence-electron chi connectivity index (χ0n) is 9.50. The number of halogens is 3. The number of hydrogen-bond acceptors (Lipinski definition) is 5. The van der Waals surface area contributed by atoms with Gasteiger partial charge in [0.15, 0.2) is 5.82 Å². The van der Waals surface area contributed by atoms with Gasteiger partial charge in [-0.2, -0.15) is 13.2 Å². The average molecular weight is 267 g/mol. The van der Waals surface area contributed by atoms with E-state index in [9.17, 15) is 18.0 Å². The maximum Gasteiger partial charge on any atom is 0.411 e. The number of anilines is 1. The third-order valence-electron chi connectivity index (χ3n) is 1.82. The lowest BCUT2D eigenvalue weighted by Gasteiger charge is -2.10. The molecule has 0 fully saturated rings. The Balaban J connectivity index is 2.40. The summed E-state index contributed by atoms with van der Waals surface area (Å²) in [6.07, 6.45) is -3.19. The largest absolute Gasteiger partial charge is 0.489 e. The Hall–Kier alpha value is -1.77. The minimum atomic E-state index is -4.35. The number of hydrogen-bond donors (Lipinski definition) is 2. The van der Waals surface area contributed by atoms with E-state index in [1.807, 2.05) is 0 Å². The molecule has 2 N–H and O–H groups in total. The van der Waals surface area contributed by atoms with E-state index in [4.69, 9.17) is 4.74 Å². The van der Waals surface area contributed by atoms with Crippen LogP contribution in [0, 0.1) is 0 Å². The van der Waals surface area contributed by atoms with Crippen LogP contribution in [-0.2, 0) is 4.74 Å². The number of ether oxygens (including phenoxy) is 2. The predicted molar refractivity (Wildman–Crippen MR) is 56.8 cm³/mol. The van der Waals surface area contributed by atoms with Gasteiger partial charge in [0.2, 0.25) is 5.75 Å². The van der Waals surface area contributed by atoms with Gasteiger partial charge in [-0.25, -0.2) is 4.98 Å². The molecule has 0 aliphatic carbocycles. The van der Waals surface area contributed by atoms with E-state index in [-0.39, 0.29) is 24.7 Å². The van der Waals surface area contributed by atoms with Crippen LogP contribution in [0.3, 0.4) is 0 Å². The molecule has 0 aliphatic heterocycles. The van der Waals surface area contributed by atoms with Gasteiger partial charge >= 0.3 is 6.18 Å². The summed E-state index contributed by atoms with van der Waals surface area (Å²) in [5, 5.41) is 2.64. The fourth-order valence-corrected chi connectivity index (χ4v) is 1.13. The molecule has 1 aromatic rings. The van der Waals surface area contributed by atoms with E-state index in [1.54, 1.807) is 0 Å². The molecule has 0 amide bonds. The second kappa shape index (κ2) is 6.24. The molecule has 1 heterocycles. The Morgan fingerprint density at radius 3 is 2.83 bits per heavy atom. The maximum atomic E-state index is 11.8. The molecule has 18 heavy (non-hydrogen) atoms. The Labute approximate surface area is 100 Å². The smallest absolute Gasteiger partial charge is 0.411 e. The normalized spacial score (nSPS) is 11.3. The Morgan fingerprint density at radius 2 is 2.22 bits per heavy atom. The first-order valence-corrected chi connectivity index (χ1v) is 4.94. The molecule has 0 unspecified atom stereocenters. The van der Waals surface area contributed by atoms with Crippen LogP contribution in [0.5, 0.6) is 5.75 Å². The number of alkyl halides is 3. The molecular weight excluding hydrogens is 255 g/mol. The summed E-state index contributed by atoms with van der Waals surface area (Å²) in [5.74, 6) is 0.116. The van der Waals surface area contributed by atoms with E-state index < -0.39 is 18.3 Å². The quantitative estimate of drug-likeness (QED) is 0.744. The van der Waals surface area contributed by atoms with Gasteiger partial charge < -0.3 is 19.8 Å². The second-order valence-corrected chi connectivity index (χ2v) is 3.21. The SMILES string of the molecule is COc1c(NCCOCC(F)(F)F)nc[nH]c1=O. The Kier molecular flexibility index (Phi) is 4.95. The maximum absolute atomic E-state index is 11.8. The fraction of sp³-hybridized carbons (Fsp3) is 0.556. The minimum Gasteiger partial charge on any atom is -0.489 e. The molecule has 0 saturated carbocycles. The van der Waals surface area contributed by atoms with Crippen molar-refractivity contribution < 1.29 is 22.6 Å². The van der Waals surface area contributed by atoms with E-state index in [0.29, 0.717) is 0 Å². The highest BCUT2D eigenvalue weighted by atomic mass is 19.4. The third kappa shape index (κ3) is 4.62. The van der Waals surface area contributed by atoms with Crippen molar-refractivity contribution in [3.8, 4) is 5.75 Å². The predicted octanol–water partition coefficient (Wildman–Crippen LogP) is 0.769. The monoisotopic (exact) mass is 267 g/mol. The van der Waals surface area contributed by atoms with Crippen molar-refractivity contribution in [2.24, 2.45) is 0 Å². The number of rotatable bonds is 6. The molecule has 0 spiro atoms. The second-order valence-electron chi connectivity index (χ2n) is 3.21. The van der Waals surface area contributed by atoms with Gasteiger partial charge in [-0.05, 0) is 0 Å². The zero-order chi connectivity index (χ0) is 13.6. The number of nitrogens with one attached hydrogen (secondary N) is 2. The fourth-order valence-electron chi connectivity index (χ4n) is 1.13. The summed E-state index contributed by atoms with van der Waals surface area (Å²) in [7, 11) is 1.29. The van der Waals surface area contributed by atoms with Gasteiger partial charge in [-0.3, -0.25) is 4.79 Å². The van der Waals surface area contributed by atoms with Gasteiger partial charge in [-0.15, -0.1) is 0 Å². The molecular formula is C9H12F3N3O3. The van der Waals surface area contributed by atoms with Crippen molar-refractivity contribution in [3.63, 3.8) is 0 Å². The van der Waals surface area contributed by atoms with Crippen LogP contribution in [0.1, 0.15) is 0 Å². The highest BCUT2D eigenvalue weighted by Crippen LogP contribution is 2.15. The molecule has 0 radical (unpaired) electrons. The summed E-state index contributed by atoms with van der Waals surface area (Å²) in [5.41, 5.74) is -0.480. The van der Waals surface area contributed by atoms with Crippen LogP contribution < -0.4 is 15.6 Å². The molecule has 1 aromatic heterocycles. The summed E-state index contributed by atoms with van der Waals surface area (Å²) in [6.45, 7) is -1.41. The van der Waals surface area contributed by atoms with Gasteiger partial charge in [0.05, 0.1) is 20.0 Å². The summed E-state index contributed by atoms with van der Waals surface area (Å²) in [6, 6.07) is 0.